The molecule has 2 aliphatic rings. The van der Waals surface area contributed by atoms with Crippen molar-refractivity contribution in [1.82, 2.24) is 10.6 Å². The number of aliphatic carboxylic acids is 1. The number of rotatable bonds is 5. The van der Waals surface area contributed by atoms with Gasteiger partial charge in [-0.15, -0.1) is 0 Å². The maximum absolute atomic E-state index is 11.9. The van der Waals surface area contributed by atoms with Gasteiger partial charge in [0, 0.05) is 17.8 Å². The number of ether oxygens (including phenoxy) is 1. The minimum Gasteiger partial charge on any atom is -0.479 e. The molecule has 3 N–H and O–H groups in total. The van der Waals surface area contributed by atoms with Crippen molar-refractivity contribution in [1.29, 1.82) is 0 Å². The van der Waals surface area contributed by atoms with E-state index in [0.29, 0.717) is 24.6 Å². The number of thioether (sulfide) groups is 1. The van der Waals surface area contributed by atoms with Crippen LogP contribution in [0.3, 0.4) is 0 Å². The summed E-state index contributed by atoms with van der Waals surface area (Å²) < 4.78 is 5.36. The predicted molar refractivity (Wildman–Crippen MR) is 81.6 cm³/mol. The molecule has 1 saturated heterocycles. The molecule has 2 fully saturated rings. The van der Waals surface area contributed by atoms with Gasteiger partial charge in [-0.3, -0.25) is 0 Å². The van der Waals surface area contributed by atoms with Gasteiger partial charge in [0.25, 0.3) is 0 Å². The van der Waals surface area contributed by atoms with Crippen molar-refractivity contribution >= 4 is 23.8 Å². The highest BCUT2D eigenvalue weighted by molar-refractivity contribution is 7.99. The molecule has 0 aromatic heterocycles. The molecule has 1 aliphatic heterocycles. The predicted octanol–water partition coefficient (Wildman–Crippen LogP) is 1.59. The summed E-state index contributed by atoms with van der Waals surface area (Å²) in [7, 11) is 0. The highest BCUT2D eigenvalue weighted by Crippen LogP contribution is 2.27. The monoisotopic (exact) mass is 316 g/mol. The van der Waals surface area contributed by atoms with Crippen molar-refractivity contribution in [2.45, 2.75) is 62.0 Å². The zero-order chi connectivity index (χ0) is 15.2. The minimum atomic E-state index is -0.924. The van der Waals surface area contributed by atoms with Crippen LogP contribution < -0.4 is 10.6 Å². The maximum Gasteiger partial charge on any atom is 0.332 e. The normalized spacial score (nSPS) is 32.6. The van der Waals surface area contributed by atoms with Gasteiger partial charge in [-0.1, -0.05) is 12.8 Å². The van der Waals surface area contributed by atoms with Crippen LogP contribution >= 0.6 is 11.8 Å². The molecule has 120 valence electrons. The molecule has 0 spiro atoms. The van der Waals surface area contributed by atoms with E-state index < -0.39 is 12.1 Å². The van der Waals surface area contributed by atoms with Crippen LogP contribution in [0, 0.1) is 0 Å². The lowest BCUT2D eigenvalue weighted by molar-refractivity contribution is -0.149. The van der Waals surface area contributed by atoms with Crippen LogP contribution in [0.1, 0.15) is 38.5 Å². The van der Waals surface area contributed by atoms with Crippen molar-refractivity contribution in [3.8, 4) is 0 Å². The van der Waals surface area contributed by atoms with Crippen LogP contribution in [0.25, 0.3) is 0 Å². The maximum atomic E-state index is 11.9. The lowest BCUT2D eigenvalue weighted by Gasteiger charge is -2.31. The second kappa shape index (κ2) is 7.89. The molecular weight excluding hydrogens is 292 g/mol. The smallest absolute Gasteiger partial charge is 0.332 e. The molecule has 0 radical (unpaired) electrons. The van der Waals surface area contributed by atoms with Gasteiger partial charge in [0.05, 0.1) is 6.10 Å². The fraction of sp³-hybridized carbons (Fsp3) is 0.857. The average Bonchev–Trinajstić information content (AvgIpc) is 2.95. The molecule has 7 heteroatoms. The quantitative estimate of drug-likeness (QED) is 0.717. The number of carboxylic acid groups (broad SMARTS) is 1. The van der Waals surface area contributed by atoms with E-state index in [9.17, 15) is 9.59 Å². The van der Waals surface area contributed by atoms with E-state index in [1.807, 2.05) is 11.8 Å². The third-order valence-electron chi connectivity index (χ3n) is 4.20. The lowest BCUT2D eigenvalue weighted by Crippen LogP contribution is -2.49. The summed E-state index contributed by atoms with van der Waals surface area (Å²) in [6.45, 7) is 0.367. The van der Waals surface area contributed by atoms with Gasteiger partial charge in [0.15, 0.2) is 6.10 Å². The minimum absolute atomic E-state index is 0.177. The Morgan fingerprint density at radius 1 is 1.24 bits per heavy atom. The standard InChI is InChI=1S/C14H24N2O4S/c1-21-12-5-3-2-4-10(12)16-14(19)15-8-9-6-7-11(20-9)13(17)18/h9-12H,2-8H2,1H3,(H,17,18)(H2,15,16,19). The van der Waals surface area contributed by atoms with Gasteiger partial charge in [-0.25, -0.2) is 9.59 Å². The van der Waals surface area contributed by atoms with E-state index in [-0.39, 0.29) is 18.2 Å². The second-order valence-corrected chi connectivity index (χ2v) is 6.76. The topological polar surface area (TPSA) is 87.7 Å². The summed E-state index contributed by atoms with van der Waals surface area (Å²) in [6.07, 6.45) is 6.93. The van der Waals surface area contributed by atoms with Gasteiger partial charge in [-0.2, -0.15) is 11.8 Å². The number of hydrogen-bond acceptors (Lipinski definition) is 4. The highest BCUT2D eigenvalue weighted by atomic mass is 32.2. The molecule has 2 rings (SSSR count). The molecule has 4 atom stereocenters. The van der Waals surface area contributed by atoms with Crippen molar-refractivity contribution in [3.05, 3.63) is 0 Å². The van der Waals surface area contributed by atoms with Crippen molar-refractivity contribution in [2.24, 2.45) is 0 Å². The summed E-state index contributed by atoms with van der Waals surface area (Å²) in [5.41, 5.74) is 0. The van der Waals surface area contributed by atoms with Gasteiger partial charge in [0.1, 0.15) is 0 Å². The first kappa shape index (κ1) is 16.4. The van der Waals surface area contributed by atoms with E-state index >= 15 is 0 Å². The molecule has 21 heavy (non-hydrogen) atoms. The Balaban J connectivity index is 1.69. The van der Waals surface area contributed by atoms with E-state index in [2.05, 4.69) is 16.9 Å². The SMILES string of the molecule is CSC1CCCCC1NC(=O)NCC1CCC(C(=O)O)O1. The van der Waals surface area contributed by atoms with Crippen molar-refractivity contribution in [3.63, 3.8) is 0 Å². The Kier molecular flexibility index (Phi) is 6.17. The zero-order valence-electron chi connectivity index (χ0n) is 12.3. The fourth-order valence-electron chi connectivity index (χ4n) is 3.01. The molecule has 6 nitrogen and oxygen atoms in total. The molecule has 0 bridgehead atoms. The molecular formula is C14H24N2O4S. The molecule has 4 unspecified atom stereocenters. The van der Waals surface area contributed by atoms with Crippen LogP contribution in [0.4, 0.5) is 4.79 Å². The lowest BCUT2D eigenvalue weighted by atomic mass is 9.95. The third-order valence-corrected chi connectivity index (χ3v) is 5.36. The number of amides is 2. The molecule has 2 amide bonds. The van der Waals surface area contributed by atoms with Crippen LogP contribution in [0.5, 0.6) is 0 Å². The van der Waals surface area contributed by atoms with Crippen LogP contribution in [0.2, 0.25) is 0 Å². The first-order valence-electron chi connectivity index (χ1n) is 7.55. The van der Waals surface area contributed by atoms with Crippen LogP contribution in [0.15, 0.2) is 0 Å². The largest absolute Gasteiger partial charge is 0.479 e. The molecule has 1 aliphatic carbocycles. The number of carbonyl (C=O) groups excluding carboxylic acids is 1. The Bertz CT molecular complexity index is 380. The number of nitrogens with one attached hydrogen (secondary N) is 2. The summed E-state index contributed by atoms with van der Waals surface area (Å²) in [5, 5.41) is 15.2. The number of hydrogen-bond donors (Lipinski definition) is 3. The average molecular weight is 316 g/mol. The van der Waals surface area contributed by atoms with Crippen LogP contribution in [-0.2, 0) is 9.53 Å². The van der Waals surface area contributed by atoms with Crippen LogP contribution in [-0.4, -0.2) is 53.4 Å². The van der Waals surface area contributed by atoms with Crippen molar-refractivity contribution in [2.75, 3.05) is 12.8 Å². The summed E-state index contributed by atoms with van der Waals surface area (Å²) in [4.78, 5) is 22.7. The summed E-state index contributed by atoms with van der Waals surface area (Å²) in [5.74, 6) is -0.924. The second-order valence-electron chi connectivity index (χ2n) is 5.68. The Hall–Kier alpha value is -0.950. The van der Waals surface area contributed by atoms with Gasteiger partial charge < -0.3 is 20.5 Å². The van der Waals surface area contributed by atoms with E-state index in [4.69, 9.17) is 9.84 Å². The van der Waals surface area contributed by atoms with Gasteiger partial charge in [-0.05, 0) is 31.9 Å². The Labute approximate surface area is 129 Å². The Morgan fingerprint density at radius 2 is 2.00 bits per heavy atom. The number of carbonyl (C=O) groups is 2. The van der Waals surface area contributed by atoms with Gasteiger partial charge >= 0.3 is 12.0 Å². The van der Waals surface area contributed by atoms with E-state index in [1.54, 1.807) is 0 Å². The highest BCUT2D eigenvalue weighted by Gasteiger charge is 2.31. The molecule has 1 saturated carbocycles. The van der Waals surface area contributed by atoms with Gasteiger partial charge in [0.2, 0.25) is 0 Å². The molecule has 0 aromatic carbocycles. The first-order chi connectivity index (χ1) is 10.1. The molecule has 0 aromatic rings. The molecule has 1 heterocycles. The van der Waals surface area contributed by atoms with E-state index in [0.717, 1.165) is 19.3 Å². The third kappa shape index (κ3) is 4.78. The fourth-order valence-corrected chi connectivity index (χ4v) is 3.94. The van der Waals surface area contributed by atoms with E-state index in [1.165, 1.54) is 6.42 Å². The summed E-state index contributed by atoms with van der Waals surface area (Å²) >= 11 is 1.81. The zero-order valence-corrected chi connectivity index (χ0v) is 13.2. The summed E-state index contributed by atoms with van der Waals surface area (Å²) in [6, 6.07) is 0.0494. The first-order valence-corrected chi connectivity index (χ1v) is 8.84. The number of urea groups is 1. The van der Waals surface area contributed by atoms with Crippen molar-refractivity contribution < 1.29 is 19.4 Å². The Morgan fingerprint density at radius 3 is 2.67 bits per heavy atom. The number of carboxylic acids is 1.